The molecule has 2 aliphatic carbocycles. The summed E-state index contributed by atoms with van der Waals surface area (Å²) in [6, 6.07) is 0. The lowest BCUT2D eigenvalue weighted by molar-refractivity contribution is -0.124. The standard InChI is InChI=1S/C13H24N2OS/c14-12(16)13(15)8-3-4-10(13)7-9-17-11-5-1-2-6-11/h10-11H,1-9,15H2,(H2,14,16). The van der Waals surface area contributed by atoms with Crippen LogP contribution in [0.25, 0.3) is 0 Å². The van der Waals surface area contributed by atoms with Gasteiger partial charge in [-0.3, -0.25) is 4.79 Å². The average molecular weight is 256 g/mol. The van der Waals surface area contributed by atoms with E-state index in [9.17, 15) is 4.79 Å². The highest BCUT2D eigenvalue weighted by molar-refractivity contribution is 7.99. The van der Waals surface area contributed by atoms with Crippen LogP contribution in [0.15, 0.2) is 0 Å². The molecule has 0 bridgehead atoms. The molecule has 4 heteroatoms. The van der Waals surface area contributed by atoms with Gasteiger partial charge < -0.3 is 11.5 Å². The molecule has 17 heavy (non-hydrogen) atoms. The third kappa shape index (κ3) is 2.97. The number of hydrogen-bond donors (Lipinski definition) is 2. The summed E-state index contributed by atoms with van der Waals surface area (Å²) >= 11 is 2.08. The van der Waals surface area contributed by atoms with Gasteiger partial charge in [0.1, 0.15) is 0 Å². The highest BCUT2D eigenvalue weighted by Crippen LogP contribution is 2.38. The molecule has 0 aromatic heterocycles. The molecule has 98 valence electrons. The van der Waals surface area contributed by atoms with Crippen molar-refractivity contribution in [3.8, 4) is 0 Å². The molecule has 2 rings (SSSR count). The molecule has 0 aromatic carbocycles. The van der Waals surface area contributed by atoms with Gasteiger partial charge in [-0.1, -0.05) is 19.3 Å². The summed E-state index contributed by atoms with van der Waals surface area (Å²) in [5.41, 5.74) is 10.9. The Bertz CT molecular complexity index is 279. The van der Waals surface area contributed by atoms with E-state index in [1.165, 1.54) is 25.7 Å². The first-order valence-corrected chi connectivity index (χ1v) is 7.88. The number of carbonyl (C=O) groups is 1. The minimum atomic E-state index is -0.712. The highest BCUT2D eigenvalue weighted by atomic mass is 32.2. The molecule has 0 spiro atoms. The van der Waals surface area contributed by atoms with E-state index in [1.54, 1.807) is 0 Å². The Hall–Kier alpha value is -0.220. The number of nitrogens with two attached hydrogens (primary N) is 2. The van der Waals surface area contributed by atoms with Crippen molar-refractivity contribution < 1.29 is 4.79 Å². The average Bonchev–Trinajstić information content (AvgIpc) is 2.90. The molecule has 2 fully saturated rings. The van der Waals surface area contributed by atoms with Gasteiger partial charge >= 0.3 is 0 Å². The maximum atomic E-state index is 11.4. The van der Waals surface area contributed by atoms with Crippen LogP contribution in [0.2, 0.25) is 0 Å². The van der Waals surface area contributed by atoms with E-state index in [1.807, 2.05) is 0 Å². The van der Waals surface area contributed by atoms with Crippen LogP contribution in [0.3, 0.4) is 0 Å². The van der Waals surface area contributed by atoms with Crippen molar-refractivity contribution in [2.24, 2.45) is 17.4 Å². The molecule has 0 heterocycles. The van der Waals surface area contributed by atoms with Crippen LogP contribution in [0.5, 0.6) is 0 Å². The van der Waals surface area contributed by atoms with Gasteiger partial charge in [0, 0.05) is 5.25 Å². The number of rotatable bonds is 5. The molecule has 2 aliphatic rings. The number of primary amides is 1. The Kier molecular flexibility index (Phi) is 4.36. The van der Waals surface area contributed by atoms with E-state index in [4.69, 9.17) is 11.5 Å². The monoisotopic (exact) mass is 256 g/mol. The predicted molar refractivity (Wildman–Crippen MR) is 72.8 cm³/mol. The molecule has 3 nitrogen and oxygen atoms in total. The zero-order valence-corrected chi connectivity index (χ0v) is 11.3. The Balaban J connectivity index is 1.76. The first-order chi connectivity index (χ1) is 8.13. The van der Waals surface area contributed by atoms with E-state index >= 15 is 0 Å². The molecular weight excluding hydrogens is 232 g/mol. The van der Waals surface area contributed by atoms with Crippen molar-refractivity contribution in [1.29, 1.82) is 0 Å². The lowest BCUT2D eigenvalue weighted by atomic mass is 9.85. The molecule has 2 unspecified atom stereocenters. The quantitative estimate of drug-likeness (QED) is 0.791. The smallest absolute Gasteiger partial charge is 0.237 e. The van der Waals surface area contributed by atoms with Gasteiger partial charge in [0.15, 0.2) is 0 Å². The summed E-state index contributed by atoms with van der Waals surface area (Å²) in [5, 5.41) is 0.858. The number of thioether (sulfide) groups is 1. The largest absolute Gasteiger partial charge is 0.368 e. The fraction of sp³-hybridized carbons (Fsp3) is 0.923. The van der Waals surface area contributed by atoms with Gasteiger partial charge in [0.2, 0.25) is 5.91 Å². The van der Waals surface area contributed by atoms with Gasteiger partial charge in [0.25, 0.3) is 0 Å². The van der Waals surface area contributed by atoms with E-state index in [0.29, 0.717) is 5.92 Å². The van der Waals surface area contributed by atoms with Gasteiger partial charge in [0.05, 0.1) is 5.54 Å². The summed E-state index contributed by atoms with van der Waals surface area (Å²) in [7, 11) is 0. The predicted octanol–water partition coefficient (Wildman–Crippen LogP) is 2.04. The molecule has 0 saturated heterocycles. The molecule has 4 N–H and O–H groups in total. The van der Waals surface area contributed by atoms with Gasteiger partial charge in [-0.05, 0) is 43.8 Å². The maximum absolute atomic E-state index is 11.4. The van der Waals surface area contributed by atoms with Crippen molar-refractivity contribution in [3.05, 3.63) is 0 Å². The lowest BCUT2D eigenvalue weighted by Gasteiger charge is -2.28. The first-order valence-electron chi connectivity index (χ1n) is 6.83. The third-order valence-corrected chi connectivity index (χ3v) is 5.87. The molecule has 0 aliphatic heterocycles. The second kappa shape index (κ2) is 5.61. The first kappa shape index (κ1) is 13.2. The number of hydrogen-bond acceptors (Lipinski definition) is 3. The Morgan fingerprint density at radius 3 is 2.59 bits per heavy atom. The second-order valence-corrected chi connectivity index (χ2v) is 6.97. The third-order valence-electron chi connectivity index (χ3n) is 4.45. The van der Waals surface area contributed by atoms with Crippen molar-refractivity contribution in [1.82, 2.24) is 0 Å². The minimum Gasteiger partial charge on any atom is -0.368 e. The highest BCUT2D eigenvalue weighted by Gasteiger charge is 2.43. The molecule has 2 atom stereocenters. The Morgan fingerprint density at radius 1 is 1.24 bits per heavy atom. The molecule has 0 aromatic rings. The van der Waals surface area contributed by atoms with Crippen LogP contribution >= 0.6 is 11.8 Å². The molecule has 1 amide bonds. The molecule has 0 radical (unpaired) electrons. The maximum Gasteiger partial charge on any atom is 0.237 e. The number of carbonyl (C=O) groups excluding carboxylic acids is 1. The van der Waals surface area contributed by atoms with E-state index in [-0.39, 0.29) is 5.91 Å². The van der Waals surface area contributed by atoms with E-state index < -0.39 is 5.54 Å². The van der Waals surface area contributed by atoms with Crippen LogP contribution in [0.4, 0.5) is 0 Å². The molecule has 2 saturated carbocycles. The van der Waals surface area contributed by atoms with Crippen LogP contribution in [0.1, 0.15) is 51.4 Å². The topological polar surface area (TPSA) is 69.1 Å². The fourth-order valence-electron chi connectivity index (χ4n) is 3.26. The second-order valence-electron chi connectivity index (χ2n) is 5.56. The lowest BCUT2D eigenvalue weighted by Crippen LogP contribution is -2.54. The van der Waals surface area contributed by atoms with Crippen molar-refractivity contribution in [3.63, 3.8) is 0 Å². The van der Waals surface area contributed by atoms with Crippen LogP contribution in [0, 0.1) is 5.92 Å². The van der Waals surface area contributed by atoms with Crippen molar-refractivity contribution >= 4 is 17.7 Å². The Labute approximate surface area is 108 Å². The Morgan fingerprint density at radius 2 is 1.94 bits per heavy atom. The van der Waals surface area contributed by atoms with Gasteiger partial charge in [-0.2, -0.15) is 11.8 Å². The van der Waals surface area contributed by atoms with Crippen molar-refractivity contribution in [2.45, 2.75) is 62.2 Å². The summed E-state index contributed by atoms with van der Waals surface area (Å²) < 4.78 is 0. The zero-order valence-electron chi connectivity index (χ0n) is 10.5. The summed E-state index contributed by atoms with van der Waals surface area (Å²) in [6.45, 7) is 0. The summed E-state index contributed by atoms with van der Waals surface area (Å²) in [4.78, 5) is 11.4. The van der Waals surface area contributed by atoms with E-state index in [2.05, 4.69) is 11.8 Å². The SMILES string of the molecule is NC(=O)C1(N)CCCC1CCSC1CCCC1. The zero-order chi connectivity index (χ0) is 12.3. The van der Waals surface area contributed by atoms with E-state index in [0.717, 1.165) is 36.7 Å². The van der Waals surface area contributed by atoms with Crippen LogP contribution in [-0.2, 0) is 4.79 Å². The van der Waals surface area contributed by atoms with Crippen LogP contribution in [-0.4, -0.2) is 22.4 Å². The van der Waals surface area contributed by atoms with Crippen LogP contribution < -0.4 is 11.5 Å². The normalized spacial score (nSPS) is 34.3. The summed E-state index contributed by atoms with van der Waals surface area (Å²) in [6.07, 6.45) is 9.49. The fourth-order valence-corrected chi connectivity index (χ4v) is 4.68. The molecular formula is C13H24N2OS. The van der Waals surface area contributed by atoms with Gasteiger partial charge in [-0.15, -0.1) is 0 Å². The summed E-state index contributed by atoms with van der Waals surface area (Å²) in [5.74, 6) is 1.15. The van der Waals surface area contributed by atoms with Crippen molar-refractivity contribution in [2.75, 3.05) is 5.75 Å². The number of amides is 1. The minimum absolute atomic E-state index is 0.300. The van der Waals surface area contributed by atoms with Gasteiger partial charge in [-0.25, -0.2) is 0 Å².